The topological polar surface area (TPSA) is 135 Å². The number of aromatic nitrogens is 2. The summed E-state index contributed by atoms with van der Waals surface area (Å²) in [6.07, 6.45) is -11.0. The summed E-state index contributed by atoms with van der Waals surface area (Å²) in [7, 11) is -5.87. The van der Waals surface area contributed by atoms with Crippen LogP contribution in [-0.2, 0) is 21.2 Å². The first-order valence-electron chi connectivity index (χ1n) is 12.1. The van der Waals surface area contributed by atoms with Gasteiger partial charge in [-0.05, 0) is 62.0 Å². The van der Waals surface area contributed by atoms with E-state index in [-0.39, 0.29) is 11.3 Å². The molecule has 0 fully saturated rings. The Labute approximate surface area is 240 Å². The monoisotopic (exact) mass is 656 g/mol. The van der Waals surface area contributed by atoms with Crippen LogP contribution in [0.25, 0.3) is 0 Å². The van der Waals surface area contributed by atoms with Crippen LogP contribution in [0.4, 0.5) is 51.6 Å². The highest BCUT2D eigenvalue weighted by molar-refractivity contribution is 7.93. The Balaban J connectivity index is 0.00000431. The molecule has 1 heterocycles. The van der Waals surface area contributed by atoms with Gasteiger partial charge in [0.25, 0.3) is 5.13 Å². The van der Waals surface area contributed by atoms with Gasteiger partial charge in [0.2, 0.25) is 5.01 Å². The van der Waals surface area contributed by atoms with Gasteiger partial charge < -0.3 is 10.1 Å². The molecule has 10 nitrogen and oxygen atoms in total. The number of hydrogen-bond acceptors (Lipinski definition) is 10. The first-order valence-corrected chi connectivity index (χ1v) is 14.4. The quantitative estimate of drug-likeness (QED) is 0.108. The number of rotatable bonds is 12. The van der Waals surface area contributed by atoms with Gasteiger partial charge in [-0.3, -0.25) is 4.72 Å². The predicted octanol–water partition coefficient (Wildman–Crippen LogP) is 7.04. The number of anilines is 1. The summed E-state index contributed by atoms with van der Waals surface area (Å²) in [5, 5.41) is 15.0. The minimum Gasteiger partial charge on any atom is -0.388 e. The third-order valence-corrected chi connectivity index (χ3v) is 6.62. The minimum absolute atomic E-state index is 0.0790. The number of carbonyl (C=O) groups excluding carboxylic acids is 1. The Morgan fingerprint density at radius 3 is 2.21 bits per heavy atom. The molecule has 2 aromatic rings. The maximum atomic E-state index is 13.0. The summed E-state index contributed by atoms with van der Waals surface area (Å²) < 4.78 is 129. The van der Waals surface area contributed by atoms with Gasteiger partial charge in [0.1, 0.15) is 5.69 Å². The summed E-state index contributed by atoms with van der Waals surface area (Å²) in [5.41, 5.74) is -5.69. The molecule has 20 heteroatoms. The lowest BCUT2D eigenvalue weighted by Gasteiger charge is -2.17. The lowest BCUT2D eigenvalue weighted by molar-refractivity contribution is -0.370. The van der Waals surface area contributed by atoms with E-state index in [2.05, 4.69) is 30.5 Å². The number of ether oxygens (including phenoxy) is 1. The molecule has 2 N–H and O–H groups in total. The number of aryl methyl sites for hydroxylation is 2. The first-order chi connectivity index (χ1) is 19.2. The van der Waals surface area contributed by atoms with Crippen molar-refractivity contribution in [2.24, 2.45) is 16.1 Å². The van der Waals surface area contributed by atoms with E-state index in [1.165, 1.54) is 17.7 Å². The first kappa shape index (κ1) is 37.0. The zero-order valence-corrected chi connectivity index (χ0v) is 24.5. The van der Waals surface area contributed by atoms with E-state index >= 15 is 0 Å². The number of esters is 1. The molecular weight excluding hydrogens is 628 g/mol. The van der Waals surface area contributed by atoms with Crippen LogP contribution in [0, 0.1) is 12.8 Å². The summed E-state index contributed by atoms with van der Waals surface area (Å²) in [6.45, 7) is 10.9. The van der Waals surface area contributed by atoms with Crippen molar-refractivity contribution < 1.29 is 53.1 Å². The molecule has 0 aliphatic heterocycles. The standard InChI is InChI=1S/C20H22F8N6O4S2.C2H6/c1-10(2)9-29-6-4-5-12-8-13(14(7-11(12)3)34-40(36,37)20(26,27)28)30-32-17-33-31-15(39-17)16(35)38-19(24,25)18(21,22)23;1-2/h7-8,10,29,34H,4-6,9H2,1-3H3;1-2H3. The second-order valence-corrected chi connectivity index (χ2v) is 11.2. The Bertz CT molecular complexity index is 1330. The van der Waals surface area contributed by atoms with Crippen LogP contribution in [0.5, 0.6) is 0 Å². The van der Waals surface area contributed by atoms with Gasteiger partial charge in [-0.2, -0.15) is 43.5 Å². The average molecular weight is 657 g/mol. The van der Waals surface area contributed by atoms with E-state index < -0.39 is 55.3 Å². The second kappa shape index (κ2) is 14.9. The number of sulfonamides is 1. The van der Waals surface area contributed by atoms with Crippen LogP contribution < -0.4 is 10.0 Å². The van der Waals surface area contributed by atoms with E-state index in [9.17, 15) is 48.3 Å². The third kappa shape index (κ3) is 10.7. The highest BCUT2D eigenvalue weighted by atomic mass is 32.2. The molecule has 0 saturated carbocycles. The largest absolute Gasteiger partial charge is 0.516 e. The summed E-state index contributed by atoms with van der Waals surface area (Å²) in [6, 6.07) is 2.35. The van der Waals surface area contributed by atoms with E-state index in [1.807, 2.05) is 27.7 Å². The fourth-order valence-corrected chi connectivity index (χ4v) is 3.94. The zero-order chi connectivity index (χ0) is 32.5. The van der Waals surface area contributed by atoms with Gasteiger partial charge in [-0.25, -0.2) is 4.79 Å². The molecule has 1 aromatic heterocycles. The maximum absolute atomic E-state index is 13.0. The lowest BCUT2D eigenvalue weighted by atomic mass is 10.0. The van der Waals surface area contributed by atoms with Crippen molar-refractivity contribution in [3.05, 3.63) is 28.3 Å². The fourth-order valence-electron chi connectivity index (χ4n) is 2.82. The number of hydrogen-bond donors (Lipinski definition) is 2. The van der Waals surface area contributed by atoms with Crippen molar-refractivity contribution in [1.82, 2.24) is 15.5 Å². The second-order valence-electron chi connectivity index (χ2n) is 8.54. The highest BCUT2D eigenvalue weighted by Crippen LogP contribution is 2.38. The van der Waals surface area contributed by atoms with Crippen LogP contribution >= 0.6 is 11.3 Å². The average Bonchev–Trinajstić information content (AvgIpc) is 3.33. The number of halogens is 8. The third-order valence-electron chi connectivity index (χ3n) is 4.74. The molecule has 0 aliphatic rings. The van der Waals surface area contributed by atoms with Crippen LogP contribution in [0.15, 0.2) is 22.4 Å². The van der Waals surface area contributed by atoms with E-state index in [0.717, 1.165) is 12.6 Å². The molecule has 0 radical (unpaired) electrons. The number of nitrogens with one attached hydrogen (secondary N) is 2. The van der Waals surface area contributed by atoms with Crippen LogP contribution in [0.1, 0.15) is 55.0 Å². The molecule has 42 heavy (non-hydrogen) atoms. The minimum atomic E-state index is -6.19. The summed E-state index contributed by atoms with van der Waals surface area (Å²) in [4.78, 5) is 11.6. The van der Waals surface area contributed by atoms with Crippen molar-refractivity contribution in [2.75, 3.05) is 17.8 Å². The molecular formula is C22H28F8N6O4S2. The van der Waals surface area contributed by atoms with E-state index in [4.69, 9.17) is 0 Å². The molecule has 0 aliphatic carbocycles. The SMILES string of the molecule is CC.Cc1cc(NS(=O)(=O)C(F)(F)F)c(N=Nc2nnc(C(=O)OC(F)(F)C(F)(F)F)s2)cc1CCCNCC(C)C. The molecule has 0 amide bonds. The summed E-state index contributed by atoms with van der Waals surface area (Å²) >= 11 is 0.0790. The fraction of sp³-hybridized carbons (Fsp3) is 0.591. The number of carbonyl (C=O) groups is 1. The Kier molecular flexibility index (Phi) is 13.2. The molecule has 1 aromatic carbocycles. The van der Waals surface area contributed by atoms with E-state index in [1.54, 1.807) is 0 Å². The van der Waals surface area contributed by atoms with Gasteiger partial charge in [-0.15, -0.1) is 20.4 Å². The van der Waals surface area contributed by atoms with Crippen molar-refractivity contribution in [3.63, 3.8) is 0 Å². The van der Waals surface area contributed by atoms with Crippen molar-refractivity contribution in [2.45, 2.75) is 65.3 Å². The Hall–Kier alpha value is -3.00. The number of benzene rings is 1. The Morgan fingerprint density at radius 1 is 1.05 bits per heavy atom. The molecule has 0 spiro atoms. The normalized spacial score (nSPS) is 12.8. The van der Waals surface area contributed by atoms with Crippen LogP contribution in [0.3, 0.4) is 0 Å². The molecule has 0 bridgehead atoms. The van der Waals surface area contributed by atoms with Crippen molar-refractivity contribution in [3.8, 4) is 0 Å². The van der Waals surface area contributed by atoms with Crippen LogP contribution in [0.2, 0.25) is 0 Å². The predicted molar refractivity (Wildman–Crippen MR) is 138 cm³/mol. The molecule has 2 rings (SSSR count). The molecule has 0 atom stereocenters. The number of nitrogens with zero attached hydrogens (tertiary/aromatic N) is 4. The number of azo groups is 1. The van der Waals surface area contributed by atoms with Crippen molar-refractivity contribution >= 4 is 43.8 Å². The van der Waals surface area contributed by atoms with E-state index in [0.29, 0.717) is 36.4 Å². The van der Waals surface area contributed by atoms with Crippen LogP contribution in [-0.4, -0.2) is 55.5 Å². The highest BCUT2D eigenvalue weighted by Gasteiger charge is 2.62. The van der Waals surface area contributed by atoms with Gasteiger partial charge in [0.05, 0.1) is 5.69 Å². The zero-order valence-electron chi connectivity index (χ0n) is 22.8. The van der Waals surface area contributed by atoms with Gasteiger partial charge in [-0.1, -0.05) is 39.0 Å². The lowest BCUT2D eigenvalue weighted by Crippen LogP contribution is -2.40. The van der Waals surface area contributed by atoms with Gasteiger partial charge in [0.15, 0.2) is 0 Å². The molecule has 238 valence electrons. The molecule has 0 unspecified atom stereocenters. The molecule has 0 saturated heterocycles. The van der Waals surface area contributed by atoms with Crippen molar-refractivity contribution in [1.29, 1.82) is 0 Å². The summed E-state index contributed by atoms with van der Waals surface area (Å²) in [5.74, 6) is -1.78. The smallest absolute Gasteiger partial charge is 0.388 e. The Morgan fingerprint density at radius 2 is 1.67 bits per heavy atom. The maximum Gasteiger partial charge on any atom is 0.516 e. The number of alkyl halides is 8. The van der Waals surface area contributed by atoms with Gasteiger partial charge >= 0.3 is 33.8 Å². The van der Waals surface area contributed by atoms with Gasteiger partial charge in [0, 0.05) is 0 Å².